The third kappa shape index (κ3) is 3.56. The van der Waals surface area contributed by atoms with Gasteiger partial charge in [0, 0.05) is 12.6 Å². The summed E-state index contributed by atoms with van der Waals surface area (Å²) in [6, 6.07) is 6.77. The van der Waals surface area contributed by atoms with Gasteiger partial charge in [-0.25, -0.2) is 8.78 Å². The molecule has 0 unspecified atom stereocenters. The summed E-state index contributed by atoms with van der Waals surface area (Å²) < 4.78 is 36.3. The van der Waals surface area contributed by atoms with E-state index in [1.165, 1.54) is 0 Å². The molecule has 0 saturated heterocycles. The zero-order valence-electron chi connectivity index (χ0n) is 9.66. The van der Waals surface area contributed by atoms with E-state index in [2.05, 4.69) is 5.32 Å². The van der Waals surface area contributed by atoms with Crippen LogP contribution in [0.3, 0.4) is 0 Å². The maximum absolute atomic E-state index is 13.2. The Labute approximate surface area is 103 Å². The number of ether oxygens (including phenoxy) is 1. The third-order valence-corrected chi connectivity index (χ3v) is 2.31. The fraction of sp³-hybridized carbons (Fsp3) is 0.231. The van der Waals surface area contributed by atoms with E-state index in [1.807, 2.05) is 6.07 Å². The van der Waals surface area contributed by atoms with Crippen LogP contribution in [0.2, 0.25) is 0 Å². The van der Waals surface area contributed by atoms with Crippen LogP contribution in [0.4, 0.5) is 8.78 Å². The number of nitrogens with one attached hydrogen (secondary N) is 1. The molecule has 0 radical (unpaired) electrons. The van der Waals surface area contributed by atoms with Gasteiger partial charge in [0.15, 0.2) is 11.6 Å². The summed E-state index contributed by atoms with van der Waals surface area (Å²) in [5.41, 5.74) is 0. The number of rotatable bonds is 6. The van der Waals surface area contributed by atoms with Gasteiger partial charge >= 0.3 is 0 Å². The zero-order valence-corrected chi connectivity index (χ0v) is 9.66. The fourth-order valence-electron chi connectivity index (χ4n) is 1.45. The van der Waals surface area contributed by atoms with Gasteiger partial charge in [-0.15, -0.1) is 0 Å². The molecule has 1 N–H and O–H groups in total. The molecule has 1 aromatic heterocycles. The van der Waals surface area contributed by atoms with Gasteiger partial charge in [-0.05, 0) is 24.3 Å². The van der Waals surface area contributed by atoms with E-state index >= 15 is 0 Å². The van der Waals surface area contributed by atoms with E-state index in [1.54, 1.807) is 12.3 Å². The van der Waals surface area contributed by atoms with E-state index in [4.69, 9.17) is 9.15 Å². The van der Waals surface area contributed by atoms with Crippen molar-refractivity contribution >= 4 is 0 Å². The van der Waals surface area contributed by atoms with Crippen molar-refractivity contribution in [2.45, 2.75) is 6.54 Å². The van der Waals surface area contributed by atoms with Crippen molar-refractivity contribution in [2.75, 3.05) is 13.2 Å². The minimum atomic E-state index is -0.567. The summed E-state index contributed by atoms with van der Waals surface area (Å²) in [7, 11) is 0. The standard InChI is InChI=1S/C13H13F2NO2/c14-10-3-4-12(15)13(8-10)18-7-5-16-9-11-2-1-6-17-11/h1-4,6,8,16H,5,7,9H2. The van der Waals surface area contributed by atoms with Gasteiger partial charge < -0.3 is 14.5 Å². The summed E-state index contributed by atoms with van der Waals surface area (Å²) >= 11 is 0. The summed E-state index contributed by atoms with van der Waals surface area (Å²) in [5, 5.41) is 3.06. The second kappa shape index (κ2) is 6.16. The van der Waals surface area contributed by atoms with E-state index in [0.29, 0.717) is 13.1 Å². The van der Waals surface area contributed by atoms with Gasteiger partial charge in [-0.2, -0.15) is 0 Å². The Morgan fingerprint density at radius 2 is 2.11 bits per heavy atom. The molecule has 0 bridgehead atoms. The summed E-state index contributed by atoms with van der Waals surface area (Å²) in [6.45, 7) is 1.33. The fourth-order valence-corrected chi connectivity index (χ4v) is 1.45. The Kier molecular flexibility index (Phi) is 4.30. The normalized spacial score (nSPS) is 10.6. The molecule has 0 aliphatic carbocycles. The smallest absolute Gasteiger partial charge is 0.165 e. The highest BCUT2D eigenvalue weighted by molar-refractivity contribution is 5.24. The largest absolute Gasteiger partial charge is 0.489 e. The first kappa shape index (κ1) is 12.6. The summed E-state index contributed by atoms with van der Waals surface area (Å²) in [6.07, 6.45) is 1.59. The average Bonchev–Trinajstić information content (AvgIpc) is 2.86. The molecule has 0 spiro atoms. The molecule has 0 amide bonds. The Bertz CT molecular complexity index is 486. The molecule has 18 heavy (non-hydrogen) atoms. The van der Waals surface area contributed by atoms with E-state index in [9.17, 15) is 8.78 Å². The number of furan rings is 1. The molecule has 3 nitrogen and oxygen atoms in total. The Balaban J connectivity index is 1.70. The first-order valence-corrected chi connectivity index (χ1v) is 5.56. The van der Waals surface area contributed by atoms with Crippen molar-refractivity contribution in [3.8, 4) is 5.75 Å². The van der Waals surface area contributed by atoms with Gasteiger partial charge in [0.2, 0.25) is 0 Å². The highest BCUT2D eigenvalue weighted by atomic mass is 19.1. The highest BCUT2D eigenvalue weighted by Crippen LogP contribution is 2.17. The molecular weight excluding hydrogens is 240 g/mol. The molecule has 0 aliphatic heterocycles. The number of halogens is 2. The lowest BCUT2D eigenvalue weighted by atomic mass is 10.3. The highest BCUT2D eigenvalue weighted by Gasteiger charge is 2.04. The summed E-state index contributed by atoms with van der Waals surface area (Å²) in [5.74, 6) is -0.348. The average molecular weight is 253 g/mol. The van der Waals surface area contributed by atoms with E-state index < -0.39 is 11.6 Å². The molecular formula is C13H13F2NO2. The number of benzene rings is 1. The van der Waals surface area contributed by atoms with Gasteiger partial charge in [0.05, 0.1) is 12.8 Å². The molecule has 2 aromatic rings. The van der Waals surface area contributed by atoms with Gasteiger partial charge in [-0.3, -0.25) is 0 Å². The predicted octanol–water partition coefficient (Wildman–Crippen LogP) is 2.73. The second-order valence-electron chi connectivity index (χ2n) is 3.68. The first-order valence-electron chi connectivity index (χ1n) is 5.56. The maximum atomic E-state index is 13.2. The molecule has 5 heteroatoms. The van der Waals surface area contributed by atoms with Gasteiger partial charge in [0.1, 0.15) is 18.2 Å². The SMILES string of the molecule is Fc1ccc(F)c(OCCNCc2ccco2)c1. The van der Waals surface area contributed by atoms with Crippen LogP contribution in [-0.2, 0) is 6.54 Å². The second-order valence-corrected chi connectivity index (χ2v) is 3.68. The van der Waals surface area contributed by atoms with E-state index in [-0.39, 0.29) is 12.4 Å². The van der Waals surface area contributed by atoms with Crippen molar-refractivity contribution in [3.05, 3.63) is 54.0 Å². The van der Waals surface area contributed by atoms with Crippen LogP contribution in [0.5, 0.6) is 5.75 Å². The molecule has 0 fully saturated rings. The van der Waals surface area contributed by atoms with Crippen LogP contribution < -0.4 is 10.1 Å². The molecule has 0 saturated carbocycles. The van der Waals surface area contributed by atoms with Crippen molar-refractivity contribution in [3.63, 3.8) is 0 Å². The van der Waals surface area contributed by atoms with Crippen molar-refractivity contribution < 1.29 is 17.9 Å². The van der Waals surface area contributed by atoms with Crippen molar-refractivity contribution in [2.24, 2.45) is 0 Å². The Morgan fingerprint density at radius 1 is 1.22 bits per heavy atom. The molecule has 2 rings (SSSR count). The summed E-state index contributed by atoms with van der Waals surface area (Å²) in [4.78, 5) is 0. The van der Waals surface area contributed by atoms with E-state index in [0.717, 1.165) is 24.0 Å². The topological polar surface area (TPSA) is 34.4 Å². The van der Waals surface area contributed by atoms with Crippen LogP contribution in [0.1, 0.15) is 5.76 Å². The van der Waals surface area contributed by atoms with Gasteiger partial charge in [-0.1, -0.05) is 0 Å². The van der Waals surface area contributed by atoms with Crippen LogP contribution >= 0.6 is 0 Å². The zero-order chi connectivity index (χ0) is 12.8. The predicted molar refractivity (Wildman–Crippen MR) is 62.3 cm³/mol. The molecule has 0 atom stereocenters. The van der Waals surface area contributed by atoms with Crippen molar-refractivity contribution in [1.29, 1.82) is 0 Å². The van der Waals surface area contributed by atoms with Crippen molar-refractivity contribution in [1.82, 2.24) is 5.32 Å². The quantitative estimate of drug-likeness (QED) is 0.804. The molecule has 0 aliphatic rings. The minimum absolute atomic E-state index is 0.0743. The minimum Gasteiger partial charge on any atom is -0.489 e. The lowest BCUT2D eigenvalue weighted by Gasteiger charge is -2.07. The molecule has 96 valence electrons. The molecule has 1 heterocycles. The monoisotopic (exact) mass is 253 g/mol. The number of hydrogen-bond acceptors (Lipinski definition) is 3. The third-order valence-electron chi connectivity index (χ3n) is 2.31. The van der Waals surface area contributed by atoms with Crippen LogP contribution in [0.15, 0.2) is 41.0 Å². The lowest BCUT2D eigenvalue weighted by Crippen LogP contribution is -2.20. The van der Waals surface area contributed by atoms with Crippen LogP contribution in [0.25, 0.3) is 0 Å². The first-order chi connectivity index (χ1) is 8.75. The maximum Gasteiger partial charge on any atom is 0.165 e. The van der Waals surface area contributed by atoms with Gasteiger partial charge in [0.25, 0.3) is 0 Å². The van der Waals surface area contributed by atoms with Crippen LogP contribution in [0, 0.1) is 11.6 Å². The lowest BCUT2D eigenvalue weighted by molar-refractivity contribution is 0.294. The number of hydrogen-bond donors (Lipinski definition) is 1. The molecule has 1 aromatic carbocycles. The van der Waals surface area contributed by atoms with Crippen LogP contribution in [-0.4, -0.2) is 13.2 Å². The Morgan fingerprint density at radius 3 is 2.89 bits per heavy atom. The Hall–Kier alpha value is -1.88.